The average Bonchev–Trinajstić information content (AvgIpc) is 3.15. The molecule has 8 nitrogen and oxygen atoms in total. The number of pyridine rings is 2. The first-order valence-electron chi connectivity index (χ1n) is 10.0. The zero-order chi connectivity index (χ0) is 20.2. The largest absolute Gasteiger partial charge is 0.422 e. The van der Waals surface area contributed by atoms with Crippen molar-refractivity contribution < 1.29 is 9.21 Å². The Kier molecular flexibility index (Phi) is 5.59. The molecule has 152 valence electrons. The summed E-state index contributed by atoms with van der Waals surface area (Å²) in [4.78, 5) is 27.8. The quantitative estimate of drug-likeness (QED) is 0.621. The van der Waals surface area contributed by atoms with Crippen LogP contribution in [0.2, 0.25) is 0 Å². The van der Waals surface area contributed by atoms with Crippen LogP contribution < -0.4 is 15.5 Å². The minimum absolute atomic E-state index is 0.0209. The zero-order valence-corrected chi connectivity index (χ0v) is 16.8. The highest BCUT2D eigenvalue weighted by atomic mass is 16.4. The Morgan fingerprint density at radius 2 is 2.00 bits per heavy atom. The molecule has 3 aromatic rings. The molecule has 4 heterocycles. The number of rotatable bonds is 6. The van der Waals surface area contributed by atoms with Crippen LogP contribution in [0.25, 0.3) is 11.2 Å². The number of amides is 1. The van der Waals surface area contributed by atoms with Gasteiger partial charge in [-0.15, -0.1) is 0 Å². The molecule has 1 amide bonds. The monoisotopic (exact) mass is 394 g/mol. The third-order valence-electron chi connectivity index (χ3n) is 5.24. The summed E-state index contributed by atoms with van der Waals surface area (Å²) in [6.07, 6.45) is 3.32. The Bertz CT molecular complexity index is 994. The lowest BCUT2D eigenvalue weighted by Gasteiger charge is -2.30. The van der Waals surface area contributed by atoms with Gasteiger partial charge in [-0.3, -0.25) is 4.79 Å². The molecule has 1 fully saturated rings. The molecular formula is C21H26N6O2. The van der Waals surface area contributed by atoms with Gasteiger partial charge in [-0.1, -0.05) is 6.07 Å². The van der Waals surface area contributed by atoms with Crippen LogP contribution in [0.1, 0.15) is 24.1 Å². The number of hydrogen-bond donors (Lipinski definition) is 2. The third kappa shape index (κ3) is 4.47. The van der Waals surface area contributed by atoms with E-state index in [4.69, 9.17) is 4.42 Å². The van der Waals surface area contributed by atoms with Crippen molar-refractivity contribution in [2.75, 3.05) is 36.4 Å². The van der Waals surface area contributed by atoms with Gasteiger partial charge >= 0.3 is 0 Å². The molecule has 8 heteroatoms. The van der Waals surface area contributed by atoms with Crippen LogP contribution in [0.4, 0.5) is 11.8 Å². The van der Waals surface area contributed by atoms with E-state index in [1.807, 2.05) is 38.1 Å². The second-order valence-corrected chi connectivity index (χ2v) is 7.42. The molecule has 1 aliphatic heterocycles. The Hall–Kier alpha value is -3.16. The molecule has 1 saturated heterocycles. The molecular weight excluding hydrogens is 368 g/mol. The predicted octanol–water partition coefficient (Wildman–Crippen LogP) is 2.68. The van der Waals surface area contributed by atoms with Crippen LogP contribution in [0, 0.1) is 19.8 Å². The smallest absolute Gasteiger partial charge is 0.299 e. The lowest BCUT2D eigenvalue weighted by molar-refractivity contribution is -0.125. The van der Waals surface area contributed by atoms with Crippen molar-refractivity contribution >= 4 is 29.0 Å². The second kappa shape index (κ2) is 8.46. The van der Waals surface area contributed by atoms with Gasteiger partial charge in [0.25, 0.3) is 6.01 Å². The zero-order valence-electron chi connectivity index (χ0n) is 16.8. The Labute approximate surface area is 169 Å². The molecule has 0 atom stereocenters. The van der Waals surface area contributed by atoms with E-state index < -0.39 is 0 Å². The van der Waals surface area contributed by atoms with E-state index >= 15 is 0 Å². The van der Waals surface area contributed by atoms with E-state index in [2.05, 4.69) is 30.5 Å². The number of aryl methyl sites for hydroxylation is 2. The van der Waals surface area contributed by atoms with Crippen molar-refractivity contribution in [3.63, 3.8) is 0 Å². The standard InChI is InChI=1S/C21H26N6O2/c1-14-4-3-9-22-18(14)23-10-11-24-20(28)16-7-12-27(13-8-16)21-26-19-17(29-21)6-5-15(2)25-19/h3-6,9,16H,7-8,10-13H2,1-2H3,(H,22,23)(H,24,28). The fraction of sp³-hybridized carbons (Fsp3) is 0.429. The number of piperidine rings is 1. The highest BCUT2D eigenvalue weighted by Crippen LogP contribution is 2.26. The highest BCUT2D eigenvalue weighted by Gasteiger charge is 2.27. The normalized spacial score (nSPS) is 14.9. The highest BCUT2D eigenvalue weighted by molar-refractivity contribution is 5.79. The van der Waals surface area contributed by atoms with Crippen LogP contribution >= 0.6 is 0 Å². The van der Waals surface area contributed by atoms with Gasteiger partial charge in [0.2, 0.25) is 11.6 Å². The molecule has 0 unspecified atom stereocenters. The Balaban J connectivity index is 1.23. The lowest BCUT2D eigenvalue weighted by atomic mass is 9.96. The SMILES string of the molecule is Cc1ccc2oc(N3CCC(C(=O)NCCNc4ncccc4C)CC3)nc2n1. The van der Waals surface area contributed by atoms with Crippen molar-refractivity contribution in [1.29, 1.82) is 0 Å². The molecule has 0 aromatic carbocycles. The molecule has 0 aliphatic carbocycles. The van der Waals surface area contributed by atoms with E-state index in [9.17, 15) is 4.79 Å². The average molecular weight is 394 g/mol. The van der Waals surface area contributed by atoms with Crippen LogP contribution in [0.5, 0.6) is 0 Å². The van der Waals surface area contributed by atoms with Gasteiger partial charge in [0, 0.05) is 44.0 Å². The van der Waals surface area contributed by atoms with E-state index in [-0.39, 0.29) is 11.8 Å². The van der Waals surface area contributed by atoms with Gasteiger partial charge in [0.05, 0.1) is 0 Å². The number of fused-ring (bicyclic) bond motifs is 1. The summed E-state index contributed by atoms with van der Waals surface area (Å²) >= 11 is 0. The molecule has 2 N–H and O–H groups in total. The molecule has 0 bridgehead atoms. The number of oxazole rings is 1. The summed E-state index contributed by atoms with van der Waals surface area (Å²) in [6, 6.07) is 8.32. The first-order chi connectivity index (χ1) is 14.1. The molecule has 29 heavy (non-hydrogen) atoms. The summed E-state index contributed by atoms with van der Waals surface area (Å²) in [6.45, 7) is 6.66. The van der Waals surface area contributed by atoms with Crippen LogP contribution in [0.3, 0.4) is 0 Å². The van der Waals surface area contributed by atoms with Crippen LogP contribution in [-0.4, -0.2) is 47.0 Å². The van der Waals surface area contributed by atoms with Crippen molar-refractivity contribution in [2.45, 2.75) is 26.7 Å². The minimum atomic E-state index is 0.0209. The molecule has 1 aliphatic rings. The van der Waals surface area contributed by atoms with Crippen molar-refractivity contribution in [1.82, 2.24) is 20.3 Å². The molecule has 0 saturated carbocycles. The molecule has 3 aromatic heterocycles. The lowest BCUT2D eigenvalue weighted by Crippen LogP contribution is -2.41. The van der Waals surface area contributed by atoms with Crippen molar-refractivity contribution in [2.24, 2.45) is 5.92 Å². The van der Waals surface area contributed by atoms with Gasteiger partial charge in [-0.2, -0.15) is 4.98 Å². The maximum absolute atomic E-state index is 12.5. The van der Waals surface area contributed by atoms with E-state index in [1.165, 1.54) is 0 Å². The Morgan fingerprint density at radius 3 is 2.79 bits per heavy atom. The molecule has 0 spiro atoms. The minimum Gasteiger partial charge on any atom is -0.422 e. The van der Waals surface area contributed by atoms with Gasteiger partial charge < -0.3 is 20.0 Å². The Morgan fingerprint density at radius 1 is 1.17 bits per heavy atom. The van der Waals surface area contributed by atoms with Crippen LogP contribution in [0.15, 0.2) is 34.9 Å². The van der Waals surface area contributed by atoms with E-state index in [1.54, 1.807) is 6.20 Å². The van der Waals surface area contributed by atoms with E-state index in [0.717, 1.165) is 43.0 Å². The van der Waals surface area contributed by atoms with Crippen molar-refractivity contribution in [3.05, 3.63) is 41.7 Å². The summed E-state index contributed by atoms with van der Waals surface area (Å²) in [5.41, 5.74) is 3.34. The summed E-state index contributed by atoms with van der Waals surface area (Å²) in [5, 5.41) is 6.28. The van der Waals surface area contributed by atoms with Gasteiger partial charge in [0.15, 0.2) is 5.58 Å². The number of nitrogens with zero attached hydrogens (tertiary/aromatic N) is 4. The first kappa shape index (κ1) is 19.2. The number of anilines is 2. The molecule has 0 radical (unpaired) electrons. The predicted molar refractivity (Wildman–Crippen MR) is 112 cm³/mol. The van der Waals surface area contributed by atoms with E-state index in [0.29, 0.717) is 30.3 Å². The third-order valence-corrected chi connectivity index (χ3v) is 5.24. The number of carbonyl (C=O) groups excluding carboxylic acids is 1. The number of carbonyl (C=O) groups is 1. The van der Waals surface area contributed by atoms with Gasteiger partial charge in [-0.25, -0.2) is 9.97 Å². The van der Waals surface area contributed by atoms with Gasteiger partial charge in [0.1, 0.15) is 5.82 Å². The fourth-order valence-corrected chi connectivity index (χ4v) is 3.55. The fourth-order valence-electron chi connectivity index (χ4n) is 3.55. The summed E-state index contributed by atoms with van der Waals surface area (Å²) in [5.74, 6) is 0.990. The number of hydrogen-bond acceptors (Lipinski definition) is 7. The van der Waals surface area contributed by atoms with Crippen LogP contribution in [-0.2, 0) is 4.79 Å². The van der Waals surface area contributed by atoms with Gasteiger partial charge in [-0.05, 0) is 50.5 Å². The summed E-state index contributed by atoms with van der Waals surface area (Å²) < 4.78 is 5.83. The number of nitrogens with one attached hydrogen (secondary N) is 2. The topological polar surface area (TPSA) is 96.2 Å². The maximum Gasteiger partial charge on any atom is 0.299 e. The summed E-state index contributed by atoms with van der Waals surface area (Å²) in [7, 11) is 0. The second-order valence-electron chi connectivity index (χ2n) is 7.42. The first-order valence-corrected chi connectivity index (χ1v) is 10.0. The molecule has 4 rings (SSSR count). The number of aromatic nitrogens is 3. The maximum atomic E-state index is 12.5. The van der Waals surface area contributed by atoms with Crippen molar-refractivity contribution in [3.8, 4) is 0 Å².